The van der Waals surface area contributed by atoms with Crippen molar-refractivity contribution in [2.45, 2.75) is 51.7 Å². The molecule has 0 spiro atoms. The highest BCUT2D eigenvalue weighted by molar-refractivity contribution is 5.98. The molecule has 0 amide bonds. The largest absolute Gasteiger partial charge is 0.389 e. The smallest absolute Gasteiger partial charge is 0.152 e. The predicted octanol–water partition coefficient (Wildman–Crippen LogP) is 2.60. The average Bonchev–Trinajstić information content (AvgIpc) is 2.54. The Labute approximate surface area is 145 Å². The van der Waals surface area contributed by atoms with Crippen molar-refractivity contribution in [1.82, 2.24) is 10.4 Å². The molecule has 134 valence electrons. The van der Waals surface area contributed by atoms with Gasteiger partial charge < -0.3 is 10.0 Å². The van der Waals surface area contributed by atoms with Crippen molar-refractivity contribution in [3.05, 3.63) is 35.9 Å². The van der Waals surface area contributed by atoms with Crippen LogP contribution in [0.5, 0.6) is 0 Å². The van der Waals surface area contributed by atoms with Crippen LogP contribution in [0.3, 0.4) is 0 Å². The van der Waals surface area contributed by atoms with Crippen molar-refractivity contribution < 1.29 is 9.94 Å². The van der Waals surface area contributed by atoms with Crippen LogP contribution in [-0.4, -0.2) is 53.7 Å². The molecule has 0 bridgehead atoms. The average molecular weight is 333 g/mol. The number of hydrogen-bond donors (Lipinski definition) is 2. The van der Waals surface area contributed by atoms with Gasteiger partial charge in [0.1, 0.15) is 6.61 Å². The van der Waals surface area contributed by atoms with Gasteiger partial charge in [0.15, 0.2) is 5.84 Å². The van der Waals surface area contributed by atoms with E-state index in [2.05, 4.69) is 15.4 Å². The SMILES string of the molecule is CC(C)(C)N=C(NOCC(O)CN1CCCCC1)c1ccccc1. The molecule has 1 heterocycles. The van der Waals surface area contributed by atoms with E-state index in [1.54, 1.807) is 0 Å². The number of β-amino-alcohol motifs (C(OH)–C–C–N with tert-alkyl or cyclic N) is 1. The van der Waals surface area contributed by atoms with E-state index in [-0.39, 0.29) is 12.1 Å². The fraction of sp³-hybridized carbons (Fsp3) is 0.632. The number of aliphatic imine (C=N–C) groups is 1. The topological polar surface area (TPSA) is 57.1 Å². The summed E-state index contributed by atoms with van der Waals surface area (Å²) in [6, 6.07) is 9.90. The van der Waals surface area contributed by atoms with E-state index in [0.29, 0.717) is 12.4 Å². The van der Waals surface area contributed by atoms with Crippen LogP contribution in [0.4, 0.5) is 0 Å². The monoisotopic (exact) mass is 333 g/mol. The minimum atomic E-state index is -0.498. The maximum Gasteiger partial charge on any atom is 0.152 e. The molecule has 1 aliphatic heterocycles. The highest BCUT2D eigenvalue weighted by atomic mass is 16.6. The fourth-order valence-electron chi connectivity index (χ4n) is 2.78. The van der Waals surface area contributed by atoms with E-state index in [1.807, 2.05) is 51.1 Å². The van der Waals surface area contributed by atoms with Crippen molar-refractivity contribution in [2.75, 3.05) is 26.2 Å². The number of rotatable bonds is 6. The quantitative estimate of drug-likeness (QED) is 0.477. The maximum atomic E-state index is 10.2. The molecule has 0 radical (unpaired) electrons. The van der Waals surface area contributed by atoms with E-state index in [4.69, 9.17) is 4.84 Å². The molecule has 0 aromatic heterocycles. The normalized spacial score (nSPS) is 18.4. The first kappa shape index (κ1) is 18.9. The van der Waals surface area contributed by atoms with Crippen molar-refractivity contribution in [3.8, 4) is 0 Å². The van der Waals surface area contributed by atoms with Crippen molar-refractivity contribution in [2.24, 2.45) is 4.99 Å². The van der Waals surface area contributed by atoms with Gasteiger partial charge in [0.2, 0.25) is 0 Å². The Morgan fingerprint density at radius 1 is 1.21 bits per heavy atom. The molecule has 1 saturated heterocycles. The summed E-state index contributed by atoms with van der Waals surface area (Å²) in [5.74, 6) is 0.688. The molecule has 24 heavy (non-hydrogen) atoms. The van der Waals surface area contributed by atoms with Crippen LogP contribution in [-0.2, 0) is 4.84 Å². The molecule has 1 fully saturated rings. The van der Waals surface area contributed by atoms with E-state index in [9.17, 15) is 5.11 Å². The third-order valence-electron chi connectivity index (χ3n) is 3.86. The summed E-state index contributed by atoms with van der Waals surface area (Å²) < 4.78 is 0. The molecule has 1 atom stereocenters. The second kappa shape index (κ2) is 9.16. The highest BCUT2D eigenvalue weighted by Crippen LogP contribution is 2.11. The number of aliphatic hydroxyl groups excluding tert-OH is 1. The van der Waals surface area contributed by atoms with Gasteiger partial charge in [-0.25, -0.2) is 5.48 Å². The Kier molecular flexibility index (Phi) is 7.21. The molecule has 1 aromatic carbocycles. The Bertz CT molecular complexity index is 505. The van der Waals surface area contributed by atoms with E-state index < -0.39 is 6.10 Å². The molecule has 1 aromatic rings. The Balaban J connectivity index is 1.85. The van der Waals surface area contributed by atoms with E-state index in [1.165, 1.54) is 19.3 Å². The fourth-order valence-corrected chi connectivity index (χ4v) is 2.78. The molecular formula is C19H31N3O2. The van der Waals surface area contributed by atoms with Crippen LogP contribution >= 0.6 is 0 Å². The van der Waals surface area contributed by atoms with E-state index in [0.717, 1.165) is 18.7 Å². The summed E-state index contributed by atoms with van der Waals surface area (Å²) in [6.45, 7) is 9.19. The summed E-state index contributed by atoms with van der Waals surface area (Å²) >= 11 is 0. The molecule has 2 rings (SSSR count). The molecule has 1 aliphatic rings. The first-order valence-electron chi connectivity index (χ1n) is 8.87. The lowest BCUT2D eigenvalue weighted by Crippen LogP contribution is -2.39. The summed E-state index contributed by atoms with van der Waals surface area (Å²) in [5, 5.41) is 10.2. The second-order valence-electron chi connectivity index (χ2n) is 7.43. The molecule has 5 nitrogen and oxygen atoms in total. The second-order valence-corrected chi connectivity index (χ2v) is 7.43. The number of hydroxylamine groups is 1. The zero-order chi connectivity index (χ0) is 17.4. The summed E-state index contributed by atoms with van der Waals surface area (Å²) in [4.78, 5) is 12.5. The van der Waals surface area contributed by atoms with Crippen LogP contribution in [0.25, 0.3) is 0 Å². The maximum absolute atomic E-state index is 10.2. The number of amidine groups is 1. The van der Waals surface area contributed by atoms with Crippen LogP contribution < -0.4 is 5.48 Å². The van der Waals surface area contributed by atoms with Crippen molar-refractivity contribution in [1.29, 1.82) is 0 Å². The molecule has 1 unspecified atom stereocenters. The van der Waals surface area contributed by atoms with Crippen LogP contribution in [0.15, 0.2) is 35.3 Å². The van der Waals surface area contributed by atoms with Crippen molar-refractivity contribution >= 4 is 5.84 Å². The molecule has 0 aliphatic carbocycles. The Hall–Kier alpha value is -1.43. The number of piperidine rings is 1. The van der Waals surface area contributed by atoms with Gasteiger partial charge in [0.05, 0.1) is 11.6 Å². The van der Waals surface area contributed by atoms with E-state index >= 15 is 0 Å². The molecule has 5 heteroatoms. The molecule has 2 N–H and O–H groups in total. The number of nitrogens with zero attached hydrogens (tertiary/aromatic N) is 2. The molecule has 0 saturated carbocycles. The van der Waals surface area contributed by atoms with Gasteiger partial charge in [0, 0.05) is 12.1 Å². The lowest BCUT2D eigenvalue weighted by Gasteiger charge is -2.28. The van der Waals surface area contributed by atoms with Gasteiger partial charge in [-0.1, -0.05) is 36.8 Å². The van der Waals surface area contributed by atoms with Gasteiger partial charge in [-0.3, -0.25) is 9.83 Å². The molecular weight excluding hydrogens is 302 g/mol. The Morgan fingerprint density at radius 2 is 1.88 bits per heavy atom. The van der Waals surface area contributed by atoms with Crippen LogP contribution in [0.1, 0.15) is 45.6 Å². The van der Waals surface area contributed by atoms with Crippen LogP contribution in [0, 0.1) is 0 Å². The minimum absolute atomic E-state index is 0.214. The summed E-state index contributed by atoms with van der Waals surface area (Å²) in [7, 11) is 0. The van der Waals surface area contributed by atoms with Gasteiger partial charge in [-0.2, -0.15) is 0 Å². The van der Waals surface area contributed by atoms with Gasteiger partial charge in [-0.15, -0.1) is 0 Å². The number of aliphatic hydroxyl groups is 1. The van der Waals surface area contributed by atoms with Crippen molar-refractivity contribution in [3.63, 3.8) is 0 Å². The number of nitrogens with one attached hydrogen (secondary N) is 1. The Morgan fingerprint density at radius 3 is 2.50 bits per heavy atom. The standard InChI is InChI=1S/C19H31N3O2/c1-19(2,3)20-18(16-10-6-4-7-11-16)21-24-15-17(23)14-22-12-8-5-9-13-22/h4,6-7,10-11,17,23H,5,8-9,12-15H2,1-3H3,(H,20,21). The first-order chi connectivity index (χ1) is 11.4. The minimum Gasteiger partial charge on any atom is -0.389 e. The lowest BCUT2D eigenvalue weighted by molar-refractivity contribution is -0.00949. The summed E-state index contributed by atoms with van der Waals surface area (Å²) in [6.07, 6.45) is 3.25. The highest BCUT2D eigenvalue weighted by Gasteiger charge is 2.16. The van der Waals surface area contributed by atoms with Gasteiger partial charge in [-0.05, 0) is 46.7 Å². The third kappa shape index (κ3) is 6.99. The number of likely N-dealkylation sites (tertiary alicyclic amines) is 1. The van der Waals surface area contributed by atoms with Crippen LogP contribution in [0.2, 0.25) is 0 Å². The lowest BCUT2D eigenvalue weighted by atomic mass is 10.1. The number of hydrogen-bond acceptors (Lipinski definition) is 4. The van der Waals surface area contributed by atoms with Gasteiger partial charge in [0.25, 0.3) is 0 Å². The third-order valence-corrected chi connectivity index (χ3v) is 3.86. The first-order valence-corrected chi connectivity index (χ1v) is 8.87. The number of benzene rings is 1. The zero-order valence-corrected chi connectivity index (χ0v) is 15.2. The predicted molar refractivity (Wildman–Crippen MR) is 98.1 cm³/mol. The van der Waals surface area contributed by atoms with Gasteiger partial charge >= 0.3 is 0 Å². The zero-order valence-electron chi connectivity index (χ0n) is 15.2. The summed E-state index contributed by atoms with van der Waals surface area (Å²) in [5.41, 5.74) is 3.69.